The van der Waals surface area contributed by atoms with Crippen LogP contribution in [0.1, 0.15) is 51.4 Å². The van der Waals surface area contributed by atoms with Crippen molar-refractivity contribution in [1.82, 2.24) is 0 Å². The number of carbonyl (C=O) groups excluding carboxylic acids is 2. The number of carbonyl (C=O) groups is 3. The monoisotopic (exact) mass is 282 g/mol. The maximum atomic E-state index is 12.0. The number of esters is 1. The number of hydrogen-bond acceptors (Lipinski definition) is 4. The lowest BCUT2D eigenvalue weighted by Crippen LogP contribution is -2.19. The first-order chi connectivity index (χ1) is 9.54. The summed E-state index contributed by atoms with van der Waals surface area (Å²) in [6, 6.07) is 0. The predicted octanol–water partition coefficient (Wildman–Crippen LogP) is 2.18. The molecule has 0 aromatic heterocycles. The highest BCUT2D eigenvalue weighted by atomic mass is 16.5. The van der Waals surface area contributed by atoms with Gasteiger partial charge in [-0.25, -0.2) is 0 Å². The summed E-state index contributed by atoms with van der Waals surface area (Å²) < 4.78 is 4.57. The minimum absolute atomic E-state index is 0.0857. The summed E-state index contributed by atoms with van der Waals surface area (Å²) in [5, 5.41) is 9.17. The zero-order valence-corrected chi connectivity index (χ0v) is 11.9. The van der Waals surface area contributed by atoms with E-state index in [0.717, 1.165) is 32.1 Å². The Morgan fingerprint density at radius 1 is 1.30 bits per heavy atom. The summed E-state index contributed by atoms with van der Waals surface area (Å²) in [6.45, 7) is 0. The third kappa shape index (κ3) is 2.58. The molecule has 5 nitrogen and oxygen atoms in total. The topological polar surface area (TPSA) is 80.7 Å². The second-order valence-corrected chi connectivity index (χ2v) is 5.91. The molecule has 5 heteroatoms. The van der Waals surface area contributed by atoms with E-state index in [1.807, 2.05) is 0 Å². The first-order valence-electron chi connectivity index (χ1n) is 7.37. The molecule has 0 amide bonds. The predicted molar refractivity (Wildman–Crippen MR) is 71.0 cm³/mol. The minimum atomic E-state index is -0.811. The third-order valence-electron chi connectivity index (χ3n) is 4.93. The molecule has 0 aromatic rings. The summed E-state index contributed by atoms with van der Waals surface area (Å²) in [4.78, 5) is 34.1. The van der Waals surface area contributed by atoms with E-state index in [1.165, 1.54) is 7.11 Å². The molecule has 2 fully saturated rings. The summed E-state index contributed by atoms with van der Waals surface area (Å²) in [5.41, 5.74) is -0.534. The first kappa shape index (κ1) is 15.0. The van der Waals surface area contributed by atoms with E-state index < -0.39 is 17.3 Å². The summed E-state index contributed by atoms with van der Waals surface area (Å²) >= 11 is 0. The van der Waals surface area contributed by atoms with Crippen molar-refractivity contribution in [1.29, 1.82) is 0 Å². The summed E-state index contributed by atoms with van der Waals surface area (Å²) in [7, 11) is 1.38. The van der Waals surface area contributed by atoms with Crippen molar-refractivity contribution >= 4 is 17.7 Å². The van der Waals surface area contributed by atoms with Crippen LogP contribution in [-0.4, -0.2) is 29.9 Å². The van der Waals surface area contributed by atoms with E-state index in [0.29, 0.717) is 19.3 Å². The van der Waals surface area contributed by atoms with E-state index in [4.69, 9.17) is 5.11 Å². The van der Waals surface area contributed by atoms with Crippen LogP contribution in [0.4, 0.5) is 0 Å². The molecule has 2 saturated carbocycles. The number of carboxylic acids is 1. The Balaban J connectivity index is 1.70. The van der Waals surface area contributed by atoms with Crippen LogP contribution in [0.25, 0.3) is 0 Å². The zero-order chi connectivity index (χ0) is 14.8. The van der Waals surface area contributed by atoms with Gasteiger partial charge < -0.3 is 9.84 Å². The molecule has 2 aliphatic carbocycles. The van der Waals surface area contributed by atoms with Gasteiger partial charge in [0, 0.05) is 18.3 Å². The van der Waals surface area contributed by atoms with Gasteiger partial charge in [-0.05, 0) is 25.2 Å². The number of carboxylic acid groups (broad SMARTS) is 1. The SMILES string of the molecule is COC(=O)CCCCCC[C@]12C(=O)CC[C@H]1[C@@H]2C(=O)O. The average Bonchev–Trinajstić information content (AvgIpc) is 2.98. The number of methoxy groups -OCH3 is 1. The molecule has 0 heterocycles. The molecule has 0 radical (unpaired) electrons. The Morgan fingerprint density at radius 3 is 2.60 bits per heavy atom. The number of fused-ring (bicyclic) bond motifs is 1. The molecule has 0 unspecified atom stereocenters. The molecule has 2 aliphatic rings. The highest BCUT2D eigenvalue weighted by Crippen LogP contribution is 2.68. The number of unbranched alkanes of at least 4 members (excludes halogenated alkanes) is 3. The van der Waals surface area contributed by atoms with E-state index >= 15 is 0 Å². The Labute approximate surface area is 118 Å². The lowest BCUT2D eigenvalue weighted by molar-refractivity contribution is -0.142. The van der Waals surface area contributed by atoms with Crippen LogP contribution >= 0.6 is 0 Å². The highest BCUT2D eigenvalue weighted by molar-refractivity contribution is 5.98. The molecule has 0 aromatic carbocycles. The van der Waals surface area contributed by atoms with E-state index in [-0.39, 0.29) is 17.7 Å². The maximum absolute atomic E-state index is 12.0. The van der Waals surface area contributed by atoms with E-state index in [2.05, 4.69) is 4.74 Å². The number of Topliss-reactive ketones (excluding diaryl/α,β-unsaturated/α-hetero) is 1. The Bertz CT molecular complexity index is 416. The van der Waals surface area contributed by atoms with Gasteiger partial charge in [0.25, 0.3) is 0 Å². The van der Waals surface area contributed by atoms with E-state index in [9.17, 15) is 14.4 Å². The Kier molecular flexibility index (Phi) is 4.45. The number of ketones is 1. The highest BCUT2D eigenvalue weighted by Gasteiger charge is 2.73. The largest absolute Gasteiger partial charge is 0.481 e. The van der Waals surface area contributed by atoms with Crippen LogP contribution in [0, 0.1) is 17.3 Å². The minimum Gasteiger partial charge on any atom is -0.481 e. The molecular weight excluding hydrogens is 260 g/mol. The zero-order valence-electron chi connectivity index (χ0n) is 11.9. The lowest BCUT2D eigenvalue weighted by Gasteiger charge is -2.12. The summed E-state index contributed by atoms with van der Waals surface area (Å²) in [5.74, 6) is -1.19. The van der Waals surface area contributed by atoms with Crippen molar-refractivity contribution < 1.29 is 24.2 Å². The van der Waals surface area contributed by atoms with Crippen molar-refractivity contribution in [3.8, 4) is 0 Å². The average molecular weight is 282 g/mol. The van der Waals surface area contributed by atoms with Gasteiger partial charge in [-0.2, -0.15) is 0 Å². The first-order valence-corrected chi connectivity index (χ1v) is 7.37. The lowest BCUT2D eigenvalue weighted by atomic mass is 9.91. The van der Waals surface area contributed by atoms with Gasteiger partial charge in [-0.15, -0.1) is 0 Å². The fourth-order valence-corrected chi connectivity index (χ4v) is 3.86. The number of rotatable bonds is 8. The van der Waals surface area contributed by atoms with Gasteiger partial charge in [-0.1, -0.05) is 19.3 Å². The van der Waals surface area contributed by atoms with Gasteiger partial charge in [0.1, 0.15) is 5.78 Å². The van der Waals surface area contributed by atoms with Gasteiger partial charge in [0.2, 0.25) is 0 Å². The second-order valence-electron chi connectivity index (χ2n) is 5.91. The molecule has 20 heavy (non-hydrogen) atoms. The standard InChI is InChI=1S/C15H22O5/c1-20-12(17)6-4-2-3-5-9-15-10(7-8-11(15)16)13(15)14(18)19/h10,13H,2-9H2,1H3,(H,18,19)/t10-,13+,15+/m0/s1. The van der Waals surface area contributed by atoms with Crippen LogP contribution in [-0.2, 0) is 19.1 Å². The smallest absolute Gasteiger partial charge is 0.307 e. The molecule has 112 valence electrons. The van der Waals surface area contributed by atoms with Crippen molar-refractivity contribution in [2.24, 2.45) is 17.3 Å². The molecular formula is C15H22O5. The van der Waals surface area contributed by atoms with Crippen molar-refractivity contribution in [3.05, 3.63) is 0 Å². The molecule has 0 spiro atoms. The quantitative estimate of drug-likeness (QED) is 0.545. The van der Waals surface area contributed by atoms with Crippen molar-refractivity contribution in [2.75, 3.05) is 7.11 Å². The summed E-state index contributed by atoms with van der Waals surface area (Å²) in [6.07, 6.45) is 5.95. The van der Waals surface area contributed by atoms with Gasteiger partial charge in [0.05, 0.1) is 13.0 Å². The third-order valence-corrected chi connectivity index (χ3v) is 4.93. The van der Waals surface area contributed by atoms with Crippen LogP contribution in [0.2, 0.25) is 0 Å². The molecule has 0 aliphatic heterocycles. The molecule has 3 atom stereocenters. The Hall–Kier alpha value is -1.39. The van der Waals surface area contributed by atoms with Crippen LogP contribution in [0.3, 0.4) is 0 Å². The number of hydrogen-bond donors (Lipinski definition) is 1. The Morgan fingerprint density at radius 2 is 2.00 bits per heavy atom. The molecule has 1 N–H and O–H groups in total. The fourth-order valence-electron chi connectivity index (χ4n) is 3.86. The second kappa shape index (κ2) is 5.94. The van der Waals surface area contributed by atoms with Gasteiger partial charge in [-0.3, -0.25) is 14.4 Å². The molecule has 0 saturated heterocycles. The van der Waals surface area contributed by atoms with Crippen LogP contribution in [0.15, 0.2) is 0 Å². The maximum Gasteiger partial charge on any atom is 0.307 e. The van der Waals surface area contributed by atoms with Crippen molar-refractivity contribution in [3.63, 3.8) is 0 Å². The normalized spacial score (nSPS) is 30.9. The van der Waals surface area contributed by atoms with E-state index in [1.54, 1.807) is 0 Å². The van der Waals surface area contributed by atoms with Gasteiger partial charge in [0.15, 0.2) is 0 Å². The van der Waals surface area contributed by atoms with Crippen LogP contribution < -0.4 is 0 Å². The molecule has 0 bridgehead atoms. The van der Waals surface area contributed by atoms with Crippen LogP contribution in [0.5, 0.6) is 0 Å². The fraction of sp³-hybridized carbons (Fsp3) is 0.800. The van der Waals surface area contributed by atoms with Gasteiger partial charge >= 0.3 is 11.9 Å². The van der Waals surface area contributed by atoms with Crippen molar-refractivity contribution in [2.45, 2.75) is 51.4 Å². The number of ether oxygens (including phenoxy) is 1. The molecule has 2 rings (SSSR count). The number of aliphatic carboxylic acids is 1.